The number of halogens is 6. The van der Waals surface area contributed by atoms with Crippen molar-refractivity contribution in [2.75, 3.05) is 0 Å². The van der Waals surface area contributed by atoms with Crippen molar-refractivity contribution >= 4 is 0 Å². The van der Waals surface area contributed by atoms with Crippen LogP contribution in [-0.2, 0) is 0 Å². The average Bonchev–Trinajstić information content (AvgIpc) is 2.11. The minimum Gasteiger partial charge on any atom is -0.308 e. The fourth-order valence-corrected chi connectivity index (χ4v) is 2.28. The summed E-state index contributed by atoms with van der Waals surface area (Å²) >= 11 is 0. The van der Waals surface area contributed by atoms with E-state index in [1.165, 1.54) is 0 Å². The molecule has 0 aliphatic carbocycles. The highest BCUT2D eigenvalue weighted by Crippen LogP contribution is 2.39. The first-order valence-electron chi connectivity index (χ1n) is 6.34. The predicted molar refractivity (Wildman–Crippen MR) is 61.9 cm³/mol. The lowest BCUT2D eigenvalue weighted by Gasteiger charge is -2.38. The van der Waals surface area contributed by atoms with E-state index in [0.717, 1.165) is 0 Å². The smallest absolute Gasteiger partial charge is 0.308 e. The van der Waals surface area contributed by atoms with Gasteiger partial charge in [-0.2, -0.15) is 26.3 Å². The molecule has 0 fully saturated rings. The van der Waals surface area contributed by atoms with Crippen LogP contribution in [0.2, 0.25) is 0 Å². The fourth-order valence-electron chi connectivity index (χ4n) is 2.28. The van der Waals surface area contributed by atoms with E-state index < -0.39 is 36.8 Å². The highest BCUT2D eigenvalue weighted by Gasteiger charge is 2.48. The summed E-state index contributed by atoms with van der Waals surface area (Å²) in [5, 5.41) is 2.55. The molecule has 0 aromatic rings. The molecule has 0 rings (SSSR count). The summed E-state index contributed by atoms with van der Waals surface area (Å²) in [6.07, 6.45) is -11.6. The van der Waals surface area contributed by atoms with Crippen molar-refractivity contribution in [3.8, 4) is 0 Å². The maximum atomic E-state index is 12.6. The molecular formula is C12H21F6N. The number of hydrogen-bond donors (Lipinski definition) is 1. The van der Waals surface area contributed by atoms with Gasteiger partial charge in [-0.15, -0.1) is 0 Å². The van der Waals surface area contributed by atoms with E-state index >= 15 is 0 Å². The Bertz CT molecular complexity index is 242. The second kappa shape index (κ2) is 6.81. The SMILES string of the molecule is CCCC(CC(F)(F)F)(CC(F)(F)F)NC(C)CC. The molecule has 7 heteroatoms. The standard InChI is InChI=1S/C12H21F6N/c1-4-6-10(7-11(13,14)15,8-12(16,17)18)19-9(3)5-2/h9,19H,4-8H2,1-3H3. The second-order valence-corrected chi connectivity index (χ2v) is 5.07. The van der Waals surface area contributed by atoms with Crippen molar-refractivity contribution in [3.63, 3.8) is 0 Å². The minimum absolute atomic E-state index is 0.156. The summed E-state index contributed by atoms with van der Waals surface area (Å²) in [5.41, 5.74) is -1.96. The molecule has 0 heterocycles. The summed E-state index contributed by atoms with van der Waals surface area (Å²) in [6.45, 7) is 4.90. The normalized spacial score (nSPS) is 15.6. The van der Waals surface area contributed by atoms with Crippen molar-refractivity contribution in [2.24, 2.45) is 0 Å². The zero-order valence-corrected chi connectivity index (χ0v) is 11.4. The molecule has 0 saturated heterocycles. The van der Waals surface area contributed by atoms with Crippen molar-refractivity contribution in [2.45, 2.75) is 76.8 Å². The van der Waals surface area contributed by atoms with Crippen LogP contribution >= 0.6 is 0 Å². The van der Waals surface area contributed by atoms with Gasteiger partial charge in [-0.1, -0.05) is 20.3 Å². The molecule has 19 heavy (non-hydrogen) atoms. The number of hydrogen-bond acceptors (Lipinski definition) is 1. The van der Waals surface area contributed by atoms with Crippen LogP contribution in [0.15, 0.2) is 0 Å². The van der Waals surface area contributed by atoms with Crippen LogP contribution < -0.4 is 5.32 Å². The summed E-state index contributed by atoms with van der Waals surface area (Å²) < 4.78 is 75.6. The Morgan fingerprint density at radius 1 is 0.895 bits per heavy atom. The molecule has 1 unspecified atom stereocenters. The molecule has 0 aliphatic heterocycles. The highest BCUT2D eigenvalue weighted by molar-refractivity contribution is 4.93. The number of nitrogens with one attached hydrogen (secondary N) is 1. The first-order valence-corrected chi connectivity index (χ1v) is 6.34. The lowest BCUT2D eigenvalue weighted by atomic mass is 9.84. The fraction of sp³-hybridized carbons (Fsp3) is 1.00. The molecule has 1 atom stereocenters. The molecule has 0 saturated carbocycles. The third-order valence-corrected chi connectivity index (χ3v) is 2.97. The first kappa shape index (κ1) is 18.5. The third kappa shape index (κ3) is 8.34. The molecule has 1 N–H and O–H groups in total. The van der Waals surface area contributed by atoms with Crippen LogP contribution in [0.5, 0.6) is 0 Å². The molecule has 0 aromatic heterocycles. The summed E-state index contributed by atoms with van der Waals surface area (Å²) in [4.78, 5) is 0. The monoisotopic (exact) mass is 293 g/mol. The van der Waals surface area contributed by atoms with Crippen LogP contribution in [0.3, 0.4) is 0 Å². The lowest BCUT2D eigenvalue weighted by molar-refractivity contribution is -0.184. The van der Waals surface area contributed by atoms with Crippen molar-refractivity contribution in [3.05, 3.63) is 0 Å². The quantitative estimate of drug-likeness (QED) is 0.664. The van der Waals surface area contributed by atoms with E-state index in [-0.39, 0.29) is 12.8 Å². The van der Waals surface area contributed by atoms with Gasteiger partial charge in [0.25, 0.3) is 0 Å². The van der Waals surface area contributed by atoms with E-state index in [1.54, 1.807) is 20.8 Å². The Kier molecular flexibility index (Phi) is 6.65. The largest absolute Gasteiger partial charge is 0.390 e. The van der Waals surface area contributed by atoms with Crippen LogP contribution in [-0.4, -0.2) is 23.9 Å². The highest BCUT2D eigenvalue weighted by atomic mass is 19.4. The molecule has 0 spiro atoms. The molecular weight excluding hydrogens is 272 g/mol. The van der Waals surface area contributed by atoms with E-state index in [2.05, 4.69) is 5.32 Å². The zero-order valence-electron chi connectivity index (χ0n) is 11.4. The van der Waals surface area contributed by atoms with Gasteiger partial charge in [-0.05, 0) is 19.8 Å². The Labute approximate surface area is 109 Å². The van der Waals surface area contributed by atoms with E-state index in [1.807, 2.05) is 0 Å². The van der Waals surface area contributed by atoms with Crippen LogP contribution in [0, 0.1) is 0 Å². The van der Waals surface area contributed by atoms with E-state index in [0.29, 0.717) is 6.42 Å². The van der Waals surface area contributed by atoms with Gasteiger partial charge < -0.3 is 5.32 Å². The number of alkyl halides is 6. The lowest BCUT2D eigenvalue weighted by Crippen LogP contribution is -2.54. The summed E-state index contributed by atoms with van der Waals surface area (Å²) in [7, 11) is 0. The predicted octanol–water partition coefficient (Wildman–Crippen LogP) is 4.82. The topological polar surface area (TPSA) is 12.0 Å². The third-order valence-electron chi connectivity index (χ3n) is 2.97. The van der Waals surface area contributed by atoms with Crippen LogP contribution in [0.1, 0.15) is 52.9 Å². The molecule has 0 amide bonds. The maximum absolute atomic E-state index is 12.6. The molecule has 0 aromatic carbocycles. The van der Waals surface area contributed by atoms with Crippen molar-refractivity contribution < 1.29 is 26.3 Å². The average molecular weight is 293 g/mol. The minimum atomic E-state index is -4.62. The molecule has 116 valence electrons. The molecule has 0 aliphatic rings. The molecule has 0 radical (unpaired) electrons. The molecule has 1 nitrogen and oxygen atoms in total. The molecule has 0 bridgehead atoms. The van der Waals surface area contributed by atoms with Gasteiger partial charge >= 0.3 is 12.4 Å². The maximum Gasteiger partial charge on any atom is 0.390 e. The van der Waals surface area contributed by atoms with Gasteiger partial charge in [0.15, 0.2) is 0 Å². The second-order valence-electron chi connectivity index (χ2n) is 5.07. The van der Waals surface area contributed by atoms with Gasteiger partial charge in [0.2, 0.25) is 0 Å². The summed E-state index contributed by atoms with van der Waals surface area (Å²) in [6, 6.07) is -0.392. The van der Waals surface area contributed by atoms with Gasteiger partial charge in [0.05, 0.1) is 12.8 Å². The van der Waals surface area contributed by atoms with E-state index in [4.69, 9.17) is 0 Å². The Morgan fingerprint density at radius 2 is 1.32 bits per heavy atom. The Balaban J connectivity index is 5.21. The number of rotatable bonds is 7. The Morgan fingerprint density at radius 3 is 1.58 bits per heavy atom. The van der Waals surface area contributed by atoms with Gasteiger partial charge in [0, 0.05) is 11.6 Å². The first-order chi connectivity index (χ1) is 8.43. The summed E-state index contributed by atoms with van der Waals surface area (Å²) in [5.74, 6) is 0. The van der Waals surface area contributed by atoms with E-state index in [9.17, 15) is 26.3 Å². The van der Waals surface area contributed by atoms with Crippen molar-refractivity contribution in [1.29, 1.82) is 0 Å². The van der Waals surface area contributed by atoms with Gasteiger partial charge in [0.1, 0.15) is 0 Å². The van der Waals surface area contributed by atoms with Gasteiger partial charge in [-0.25, -0.2) is 0 Å². The Hall–Kier alpha value is -0.460. The van der Waals surface area contributed by atoms with Gasteiger partial charge in [-0.3, -0.25) is 0 Å². The zero-order chi connectivity index (χ0) is 15.3. The van der Waals surface area contributed by atoms with Crippen LogP contribution in [0.25, 0.3) is 0 Å². The van der Waals surface area contributed by atoms with Crippen LogP contribution in [0.4, 0.5) is 26.3 Å². The van der Waals surface area contributed by atoms with Crippen molar-refractivity contribution in [1.82, 2.24) is 5.32 Å².